The highest BCUT2D eigenvalue weighted by Crippen LogP contribution is 2.33. The van der Waals surface area contributed by atoms with Gasteiger partial charge in [0.1, 0.15) is 5.82 Å². The first-order valence-electron chi connectivity index (χ1n) is 8.13. The van der Waals surface area contributed by atoms with Crippen LogP contribution in [0, 0.1) is 5.82 Å². The monoisotopic (exact) mass is 329 g/mol. The van der Waals surface area contributed by atoms with E-state index in [0.29, 0.717) is 24.5 Å². The highest BCUT2D eigenvalue weighted by Gasteiger charge is 2.17. The molecule has 1 heterocycles. The van der Waals surface area contributed by atoms with Gasteiger partial charge in [0.05, 0.1) is 19.3 Å². The first kappa shape index (κ1) is 16.3. The number of hydrogen-bond donors (Lipinski definition) is 1. The minimum absolute atomic E-state index is 0.153. The van der Waals surface area contributed by atoms with E-state index in [1.54, 1.807) is 0 Å². The molecule has 0 radical (unpaired) electrons. The summed E-state index contributed by atoms with van der Waals surface area (Å²) in [6.07, 6.45) is 1.58. The van der Waals surface area contributed by atoms with E-state index in [4.69, 9.17) is 9.47 Å². The Hall–Kier alpha value is -2.56. The van der Waals surface area contributed by atoms with Crippen molar-refractivity contribution >= 4 is 5.91 Å². The number of benzene rings is 2. The second-order valence-electron chi connectivity index (χ2n) is 5.70. The van der Waals surface area contributed by atoms with Gasteiger partial charge in [0, 0.05) is 12.0 Å². The number of halogens is 1. The largest absolute Gasteiger partial charge is 0.490 e. The average Bonchev–Trinajstić information content (AvgIpc) is 2.84. The minimum atomic E-state index is -0.360. The fourth-order valence-corrected chi connectivity index (χ4v) is 2.66. The van der Waals surface area contributed by atoms with Gasteiger partial charge in [-0.1, -0.05) is 13.0 Å². The molecule has 2 aromatic carbocycles. The smallest absolute Gasteiger partial charge is 0.251 e. The number of hydrogen-bond acceptors (Lipinski definition) is 3. The van der Waals surface area contributed by atoms with Crippen LogP contribution < -0.4 is 14.8 Å². The van der Waals surface area contributed by atoms with Crippen LogP contribution in [0.5, 0.6) is 11.5 Å². The summed E-state index contributed by atoms with van der Waals surface area (Å²) in [5, 5.41) is 2.98. The topological polar surface area (TPSA) is 47.6 Å². The van der Waals surface area contributed by atoms with E-state index in [1.165, 1.54) is 24.3 Å². The van der Waals surface area contributed by atoms with Crippen molar-refractivity contribution in [1.82, 2.24) is 5.32 Å². The van der Waals surface area contributed by atoms with Crippen LogP contribution in [0.1, 0.15) is 41.7 Å². The molecule has 1 aliphatic rings. The Morgan fingerprint density at radius 2 is 1.83 bits per heavy atom. The van der Waals surface area contributed by atoms with E-state index >= 15 is 0 Å². The third-order valence-corrected chi connectivity index (χ3v) is 3.99. The summed E-state index contributed by atoms with van der Waals surface area (Å²) in [4.78, 5) is 12.4. The van der Waals surface area contributed by atoms with Crippen molar-refractivity contribution in [3.8, 4) is 11.5 Å². The molecule has 0 bridgehead atoms. The molecule has 24 heavy (non-hydrogen) atoms. The third-order valence-electron chi connectivity index (χ3n) is 3.99. The van der Waals surface area contributed by atoms with Crippen LogP contribution in [0.25, 0.3) is 0 Å². The Morgan fingerprint density at radius 1 is 1.12 bits per heavy atom. The maximum atomic E-state index is 13.0. The van der Waals surface area contributed by atoms with E-state index in [-0.39, 0.29) is 17.8 Å². The van der Waals surface area contributed by atoms with Crippen molar-refractivity contribution < 1.29 is 18.7 Å². The molecular weight excluding hydrogens is 309 g/mol. The second-order valence-corrected chi connectivity index (χ2v) is 5.70. The summed E-state index contributed by atoms with van der Waals surface area (Å²) < 4.78 is 24.3. The van der Waals surface area contributed by atoms with E-state index < -0.39 is 0 Å². The Morgan fingerprint density at radius 3 is 2.54 bits per heavy atom. The summed E-state index contributed by atoms with van der Waals surface area (Å²) in [6.45, 7) is 3.26. The maximum Gasteiger partial charge on any atom is 0.251 e. The lowest BCUT2D eigenvalue weighted by Gasteiger charge is -2.19. The molecule has 2 aromatic rings. The highest BCUT2D eigenvalue weighted by molar-refractivity contribution is 5.94. The van der Waals surface area contributed by atoms with Crippen molar-refractivity contribution in [3.63, 3.8) is 0 Å². The van der Waals surface area contributed by atoms with Gasteiger partial charge in [0.25, 0.3) is 5.91 Å². The molecule has 1 N–H and O–H groups in total. The first-order valence-corrected chi connectivity index (χ1v) is 8.13. The third kappa shape index (κ3) is 3.67. The zero-order chi connectivity index (χ0) is 16.9. The molecule has 126 valence electrons. The van der Waals surface area contributed by atoms with E-state index in [0.717, 1.165) is 24.2 Å². The zero-order valence-electron chi connectivity index (χ0n) is 13.5. The molecule has 1 aliphatic heterocycles. The van der Waals surface area contributed by atoms with Crippen LogP contribution >= 0.6 is 0 Å². The standard InChI is InChI=1S/C19H20FNO3/c1-2-16(21-19(22)13-4-7-15(20)8-5-13)14-6-9-17-18(12-14)24-11-3-10-23-17/h4-9,12,16H,2-3,10-11H2,1H3,(H,21,22)/t16-/m1/s1. The molecule has 0 unspecified atom stereocenters. The van der Waals surface area contributed by atoms with Crippen molar-refractivity contribution in [3.05, 3.63) is 59.4 Å². The molecule has 5 heteroatoms. The molecule has 0 fully saturated rings. The molecule has 0 saturated carbocycles. The lowest BCUT2D eigenvalue weighted by Crippen LogP contribution is -2.28. The quantitative estimate of drug-likeness (QED) is 0.926. The predicted octanol–water partition coefficient (Wildman–Crippen LogP) is 3.87. The molecule has 0 aliphatic carbocycles. The number of ether oxygens (including phenoxy) is 2. The maximum absolute atomic E-state index is 13.0. The molecule has 1 atom stereocenters. The molecule has 0 spiro atoms. The van der Waals surface area contributed by atoms with Crippen LogP contribution in [0.3, 0.4) is 0 Å². The lowest BCUT2D eigenvalue weighted by atomic mass is 10.0. The molecule has 4 nitrogen and oxygen atoms in total. The minimum Gasteiger partial charge on any atom is -0.490 e. The number of carbonyl (C=O) groups is 1. The summed E-state index contributed by atoms with van der Waals surface area (Å²) in [5.41, 5.74) is 1.39. The Kier molecular flexibility index (Phi) is 4.99. The second kappa shape index (κ2) is 7.34. The van der Waals surface area contributed by atoms with Crippen LogP contribution in [0.15, 0.2) is 42.5 Å². The number of nitrogens with one attached hydrogen (secondary N) is 1. The van der Waals surface area contributed by atoms with Crippen LogP contribution in [-0.2, 0) is 0 Å². The Labute approximate surface area is 140 Å². The first-order chi connectivity index (χ1) is 11.7. The lowest BCUT2D eigenvalue weighted by molar-refractivity contribution is 0.0935. The van der Waals surface area contributed by atoms with Gasteiger partial charge in [0.2, 0.25) is 0 Å². The van der Waals surface area contributed by atoms with Crippen molar-refractivity contribution in [2.24, 2.45) is 0 Å². The molecule has 3 rings (SSSR count). The van der Waals surface area contributed by atoms with Crippen LogP contribution in [0.2, 0.25) is 0 Å². The zero-order valence-corrected chi connectivity index (χ0v) is 13.5. The van der Waals surface area contributed by atoms with E-state index in [9.17, 15) is 9.18 Å². The van der Waals surface area contributed by atoms with Gasteiger partial charge in [-0.15, -0.1) is 0 Å². The normalized spacial score (nSPS) is 14.6. The van der Waals surface area contributed by atoms with Crippen molar-refractivity contribution in [2.75, 3.05) is 13.2 Å². The number of amides is 1. The number of rotatable bonds is 4. The molecular formula is C19H20FNO3. The molecule has 0 saturated heterocycles. The van der Waals surface area contributed by atoms with Gasteiger partial charge in [-0.2, -0.15) is 0 Å². The van der Waals surface area contributed by atoms with Gasteiger partial charge in [-0.3, -0.25) is 4.79 Å². The van der Waals surface area contributed by atoms with Crippen LogP contribution in [-0.4, -0.2) is 19.1 Å². The fourth-order valence-electron chi connectivity index (χ4n) is 2.66. The van der Waals surface area contributed by atoms with Crippen LogP contribution in [0.4, 0.5) is 4.39 Å². The number of fused-ring (bicyclic) bond motifs is 1. The van der Waals surface area contributed by atoms with E-state index in [2.05, 4.69) is 5.32 Å². The number of carbonyl (C=O) groups excluding carboxylic acids is 1. The van der Waals surface area contributed by atoms with Gasteiger partial charge >= 0.3 is 0 Å². The summed E-state index contributed by atoms with van der Waals surface area (Å²) in [5.74, 6) is 0.853. The molecule has 0 aromatic heterocycles. The van der Waals surface area contributed by atoms with Gasteiger partial charge < -0.3 is 14.8 Å². The highest BCUT2D eigenvalue weighted by atomic mass is 19.1. The van der Waals surface area contributed by atoms with Crippen molar-refractivity contribution in [1.29, 1.82) is 0 Å². The van der Waals surface area contributed by atoms with Crippen molar-refractivity contribution in [2.45, 2.75) is 25.8 Å². The summed E-state index contributed by atoms with van der Waals surface area (Å²) in [6, 6.07) is 11.1. The van der Waals surface area contributed by atoms with E-state index in [1.807, 2.05) is 25.1 Å². The fraction of sp³-hybridized carbons (Fsp3) is 0.316. The summed E-state index contributed by atoms with van der Waals surface area (Å²) >= 11 is 0. The predicted molar refractivity (Wildman–Crippen MR) is 88.9 cm³/mol. The van der Waals surface area contributed by atoms with Gasteiger partial charge in [-0.25, -0.2) is 4.39 Å². The Bertz CT molecular complexity index is 715. The van der Waals surface area contributed by atoms with Gasteiger partial charge in [-0.05, 0) is 48.4 Å². The van der Waals surface area contributed by atoms with Gasteiger partial charge in [0.15, 0.2) is 11.5 Å². The Balaban J connectivity index is 1.77. The average molecular weight is 329 g/mol. The SMILES string of the molecule is CC[C@@H](NC(=O)c1ccc(F)cc1)c1ccc2c(c1)OCCCO2. The summed E-state index contributed by atoms with van der Waals surface area (Å²) in [7, 11) is 0. The molecule has 1 amide bonds.